The zero-order valence-corrected chi connectivity index (χ0v) is 13.0. The van der Waals surface area contributed by atoms with Gasteiger partial charge in [0.1, 0.15) is 11.6 Å². The first kappa shape index (κ1) is 16.4. The normalized spacial score (nSPS) is 19.0. The van der Waals surface area contributed by atoms with Gasteiger partial charge in [0.2, 0.25) is 0 Å². The molecule has 1 aliphatic rings. The Morgan fingerprint density at radius 3 is 2.38 bits per heavy atom. The molecule has 2 rings (SSSR count). The van der Waals surface area contributed by atoms with Gasteiger partial charge >= 0.3 is 0 Å². The third-order valence-corrected chi connectivity index (χ3v) is 4.53. The molecule has 1 nitrogen and oxygen atoms in total. The van der Waals surface area contributed by atoms with Crippen LogP contribution in [0, 0.1) is 17.6 Å². The van der Waals surface area contributed by atoms with Gasteiger partial charge in [-0.1, -0.05) is 45.1 Å². The molecule has 0 spiro atoms. The highest BCUT2D eigenvalue weighted by Crippen LogP contribution is 2.34. The molecule has 118 valence electrons. The number of rotatable bonds is 5. The molecule has 21 heavy (non-hydrogen) atoms. The van der Waals surface area contributed by atoms with Crippen molar-refractivity contribution < 1.29 is 8.78 Å². The van der Waals surface area contributed by atoms with Crippen molar-refractivity contribution in [2.24, 2.45) is 5.92 Å². The summed E-state index contributed by atoms with van der Waals surface area (Å²) in [4.78, 5) is 0. The van der Waals surface area contributed by atoms with E-state index in [1.807, 2.05) is 0 Å². The Bertz CT molecular complexity index is 425. The van der Waals surface area contributed by atoms with E-state index in [4.69, 9.17) is 0 Å². The molecule has 1 atom stereocenters. The van der Waals surface area contributed by atoms with Crippen molar-refractivity contribution in [3.05, 3.63) is 35.4 Å². The minimum absolute atomic E-state index is 0.0173. The average molecular weight is 295 g/mol. The highest BCUT2D eigenvalue weighted by Gasteiger charge is 2.25. The maximum absolute atomic E-state index is 14.2. The van der Waals surface area contributed by atoms with Crippen LogP contribution in [-0.2, 0) is 0 Å². The van der Waals surface area contributed by atoms with Crippen LogP contribution in [0.2, 0.25) is 0 Å². The van der Waals surface area contributed by atoms with Crippen LogP contribution >= 0.6 is 0 Å². The minimum atomic E-state index is -0.497. The van der Waals surface area contributed by atoms with E-state index in [2.05, 4.69) is 12.2 Å². The van der Waals surface area contributed by atoms with E-state index in [-0.39, 0.29) is 6.04 Å². The third kappa shape index (κ3) is 4.77. The molecule has 1 aromatic rings. The van der Waals surface area contributed by atoms with Crippen LogP contribution in [-0.4, -0.2) is 6.54 Å². The van der Waals surface area contributed by atoms with E-state index in [9.17, 15) is 8.78 Å². The van der Waals surface area contributed by atoms with Gasteiger partial charge in [0.15, 0.2) is 0 Å². The molecule has 0 saturated heterocycles. The molecule has 3 heteroatoms. The van der Waals surface area contributed by atoms with E-state index in [1.165, 1.54) is 38.2 Å². The van der Waals surface area contributed by atoms with Crippen molar-refractivity contribution in [3.8, 4) is 0 Å². The van der Waals surface area contributed by atoms with Crippen molar-refractivity contribution >= 4 is 0 Å². The van der Waals surface area contributed by atoms with E-state index in [0.29, 0.717) is 11.5 Å². The summed E-state index contributed by atoms with van der Waals surface area (Å²) in [6, 6.07) is 4.03. The van der Waals surface area contributed by atoms with E-state index < -0.39 is 11.6 Å². The Balaban J connectivity index is 2.18. The lowest BCUT2D eigenvalue weighted by Crippen LogP contribution is -2.30. The number of hydrogen-bond acceptors (Lipinski definition) is 1. The fourth-order valence-corrected chi connectivity index (χ4v) is 3.41. The van der Waals surface area contributed by atoms with Crippen molar-refractivity contribution in [2.45, 2.75) is 64.3 Å². The summed E-state index contributed by atoms with van der Waals surface area (Å²) in [7, 11) is 0. The lowest BCUT2D eigenvalue weighted by Gasteiger charge is -2.30. The summed E-state index contributed by atoms with van der Waals surface area (Å²) in [5, 5.41) is 3.50. The maximum Gasteiger partial charge on any atom is 0.130 e. The minimum Gasteiger partial charge on any atom is -0.310 e. The van der Waals surface area contributed by atoms with E-state index in [1.54, 1.807) is 6.07 Å². The topological polar surface area (TPSA) is 12.0 Å². The SMILES string of the molecule is CCCNC(c1ccc(F)cc1F)C1CCCCCCC1. The standard InChI is InChI=1S/C18H27F2N/c1-2-12-21-18(14-8-6-4-3-5-7-9-14)16-11-10-15(19)13-17(16)20/h10-11,13-14,18,21H,2-9,12H2,1H3. The molecule has 0 aromatic heterocycles. The number of halogens is 2. The molecule has 0 aliphatic heterocycles. The second-order valence-corrected chi connectivity index (χ2v) is 6.20. The Labute approximate surface area is 127 Å². The van der Waals surface area contributed by atoms with Crippen LogP contribution in [0.1, 0.15) is 69.9 Å². The molecule has 0 radical (unpaired) electrons. The van der Waals surface area contributed by atoms with Crippen LogP contribution in [0.5, 0.6) is 0 Å². The molecular weight excluding hydrogens is 268 g/mol. The van der Waals surface area contributed by atoms with Crippen LogP contribution in [0.3, 0.4) is 0 Å². The molecule has 1 saturated carbocycles. The third-order valence-electron chi connectivity index (χ3n) is 4.53. The van der Waals surface area contributed by atoms with Crippen molar-refractivity contribution in [3.63, 3.8) is 0 Å². The Kier molecular flexibility index (Phi) is 6.62. The summed E-state index contributed by atoms with van der Waals surface area (Å²) in [5.74, 6) is -0.453. The van der Waals surface area contributed by atoms with Crippen molar-refractivity contribution in [1.82, 2.24) is 5.32 Å². The molecule has 1 N–H and O–H groups in total. The highest BCUT2D eigenvalue weighted by molar-refractivity contribution is 5.23. The Morgan fingerprint density at radius 1 is 1.10 bits per heavy atom. The highest BCUT2D eigenvalue weighted by atomic mass is 19.1. The molecule has 1 fully saturated rings. The fraction of sp³-hybridized carbons (Fsp3) is 0.667. The van der Waals surface area contributed by atoms with Gasteiger partial charge in [-0.05, 0) is 37.8 Å². The van der Waals surface area contributed by atoms with Gasteiger partial charge in [-0.3, -0.25) is 0 Å². The number of nitrogens with one attached hydrogen (secondary N) is 1. The summed E-state index contributed by atoms with van der Waals surface area (Å²) >= 11 is 0. The predicted molar refractivity (Wildman–Crippen MR) is 83.2 cm³/mol. The smallest absolute Gasteiger partial charge is 0.130 e. The average Bonchev–Trinajstić information content (AvgIpc) is 2.42. The zero-order valence-electron chi connectivity index (χ0n) is 13.0. The summed E-state index contributed by atoms with van der Waals surface area (Å²) in [5.41, 5.74) is 0.635. The van der Waals surface area contributed by atoms with E-state index in [0.717, 1.165) is 31.9 Å². The quantitative estimate of drug-likeness (QED) is 0.770. The van der Waals surface area contributed by atoms with Gasteiger partial charge in [-0.2, -0.15) is 0 Å². The van der Waals surface area contributed by atoms with Gasteiger partial charge in [-0.15, -0.1) is 0 Å². The zero-order chi connectivity index (χ0) is 15.1. The maximum atomic E-state index is 14.2. The fourth-order valence-electron chi connectivity index (χ4n) is 3.41. The van der Waals surface area contributed by atoms with Crippen LogP contribution in [0.15, 0.2) is 18.2 Å². The summed E-state index contributed by atoms with van der Waals surface area (Å²) in [6.07, 6.45) is 9.62. The van der Waals surface area contributed by atoms with Crippen LogP contribution in [0.4, 0.5) is 8.78 Å². The first-order valence-electron chi connectivity index (χ1n) is 8.40. The molecule has 0 heterocycles. The van der Waals surface area contributed by atoms with Gasteiger partial charge in [-0.25, -0.2) is 8.78 Å². The van der Waals surface area contributed by atoms with Crippen molar-refractivity contribution in [1.29, 1.82) is 0 Å². The second kappa shape index (κ2) is 8.47. The van der Waals surface area contributed by atoms with Gasteiger partial charge < -0.3 is 5.32 Å². The lowest BCUT2D eigenvalue weighted by atomic mass is 9.82. The number of hydrogen-bond donors (Lipinski definition) is 1. The van der Waals surface area contributed by atoms with Crippen LogP contribution < -0.4 is 5.32 Å². The molecular formula is C18H27F2N. The van der Waals surface area contributed by atoms with Gasteiger partial charge in [0.25, 0.3) is 0 Å². The Hall–Kier alpha value is -0.960. The largest absolute Gasteiger partial charge is 0.310 e. The first-order valence-corrected chi connectivity index (χ1v) is 8.40. The van der Waals surface area contributed by atoms with E-state index >= 15 is 0 Å². The summed E-state index contributed by atoms with van der Waals surface area (Å²) in [6.45, 7) is 2.99. The second-order valence-electron chi connectivity index (χ2n) is 6.20. The van der Waals surface area contributed by atoms with Gasteiger partial charge in [0.05, 0.1) is 0 Å². The number of benzene rings is 1. The first-order chi connectivity index (χ1) is 10.2. The lowest BCUT2D eigenvalue weighted by molar-refractivity contribution is 0.283. The Morgan fingerprint density at radius 2 is 1.76 bits per heavy atom. The molecule has 1 aliphatic carbocycles. The predicted octanol–water partition coefficient (Wildman–Crippen LogP) is 5.37. The molecule has 0 bridgehead atoms. The molecule has 0 amide bonds. The van der Waals surface area contributed by atoms with Gasteiger partial charge in [0, 0.05) is 17.7 Å². The summed E-state index contributed by atoms with van der Waals surface area (Å²) < 4.78 is 27.3. The monoisotopic (exact) mass is 295 g/mol. The molecule has 1 unspecified atom stereocenters. The van der Waals surface area contributed by atoms with Crippen LogP contribution in [0.25, 0.3) is 0 Å². The molecule has 1 aromatic carbocycles. The van der Waals surface area contributed by atoms with Crippen molar-refractivity contribution in [2.75, 3.05) is 6.54 Å².